The second kappa shape index (κ2) is 10.1. The zero-order chi connectivity index (χ0) is 27.8. The minimum absolute atomic E-state index is 0.346. The Morgan fingerprint density at radius 3 is 2.08 bits per heavy atom. The van der Waals surface area contributed by atoms with Crippen LogP contribution in [0.25, 0.3) is 11.2 Å². The highest BCUT2D eigenvalue weighted by Gasteiger charge is 2.44. The van der Waals surface area contributed by atoms with Gasteiger partial charge in [-0.1, -0.05) is 24.3 Å². The Balaban J connectivity index is 0.000000202. The van der Waals surface area contributed by atoms with Crippen LogP contribution < -0.4 is 10.6 Å². The summed E-state index contributed by atoms with van der Waals surface area (Å²) in [4.78, 5) is 31.4. The average Bonchev–Trinajstić information content (AvgIpc) is 3.25. The molecular weight excluding hydrogens is 526 g/mol. The van der Waals surface area contributed by atoms with E-state index in [-0.39, 0.29) is 0 Å². The highest BCUT2D eigenvalue weighted by molar-refractivity contribution is 5.83. The standard InChI is InChI=1S/C18H18N6.2C2HF3O2/c1-2-4-12-11(3-1)13-7-14(15(12)23-13)24-9-21-16-17(22-10-5-6-10)19-8-20-18(16)24;2*3-2(4,5)1(6)7/h1-4,8-10,13-15,23H,5-7H2,(H,19,20,22);2*(H,6,7)/t13-,14+,15-;;/m1../s1. The summed E-state index contributed by atoms with van der Waals surface area (Å²) in [6.07, 6.45) is -3.05. The number of carbonyl (C=O) groups is 2. The Morgan fingerprint density at radius 1 is 0.947 bits per heavy atom. The summed E-state index contributed by atoms with van der Waals surface area (Å²) >= 11 is 0. The van der Waals surface area contributed by atoms with E-state index in [0.717, 1.165) is 23.4 Å². The summed E-state index contributed by atoms with van der Waals surface area (Å²) in [5.74, 6) is -4.64. The second-order valence-corrected chi connectivity index (χ2v) is 8.70. The van der Waals surface area contributed by atoms with Crippen molar-refractivity contribution in [3.8, 4) is 0 Å². The van der Waals surface area contributed by atoms with Crippen molar-refractivity contribution in [2.75, 3.05) is 5.32 Å². The molecule has 3 aromatic rings. The van der Waals surface area contributed by atoms with Gasteiger partial charge in [-0.15, -0.1) is 0 Å². The zero-order valence-corrected chi connectivity index (χ0v) is 19.2. The number of nitrogens with zero attached hydrogens (tertiary/aromatic N) is 4. The van der Waals surface area contributed by atoms with E-state index in [1.165, 1.54) is 24.0 Å². The van der Waals surface area contributed by atoms with Crippen molar-refractivity contribution in [2.45, 2.75) is 55.8 Å². The molecule has 2 aromatic heterocycles. The molecule has 2 fully saturated rings. The Labute approximate surface area is 209 Å². The molecule has 1 aliphatic carbocycles. The van der Waals surface area contributed by atoms with Gasteiger partial charge in [-0.25, -0.2) is 24.5 Å². The summed E-state index contributed by atoms with van der Waals surface area (Å²) in [6.45, 7) is 0. The Kier molecular flexibility index (Phi) is 7.18. The maximum atomic E-state index is 10.6. The minimum Gasteiger partial charge on any atom is -0.475 e. The number of fused-ring (bicyclic) bond motifs is 6. The van der Waals surface area contributed by atoms with E-state index >= 15 is 0 Å². The van der Waals surface area contributed by atoms with Crippen molar-refractivity contribution in [3.63, 3.8) is 0 Å². The van der Waals surface area contributed by atoms with E-state index in [2.05, 4.69) is 54.4 Å². The number of alkyl halides is 6. The number of rotatable bonds is 3. The van der Waals surface area contributed by atoms with Crippen LogP contribution in [-0.4, -0.2) is 60.1 Å². The Bertz CT molecular complexity index is 1320. The number of nitrogens with one attached hydrogen (secondary N) is 2. The fourth-order valence-electron chi connectivity index (χ4n) is 4.29. The molecule has 0 radical (unpaired) electrons. The number of halogens is 6. The summed E-state index contributed by atoms with van der Waals surface area (Å²) in [5, 5.41) is 21.5. The molecule has 2 bridgehead atoms. The van der Waals surface area contributed by atoms with E-state index in [9.17, 15) is 26.3 Å². The van der Waals surface area contributed by atoms with Crippen molar-refractivity contribution in [2.24, 2.45) is 0 Å². The maximum absolute atomic E-state index is 10.6. The van der Waals surface area contributed by atoms with Crippen LogP contribution in [0.5, 0.6) is 0 Å². The van der Waals surface area contributed by atoms with Gasteiger partial charge < -0.3 is 25.4 Å². The molecule has 0 amide bonds. The van der Waals surface area contributed by atoms with Crippen molar-refractivity contribution >= 4 is 28.9 Å². The number of aromatic nitrogens is 4. The fourth-order valence-corrected chi connectivity index (χ4v) is 4.29. The first kappa shape index (κ1) is 27.1. The first-order chi connectivity index (χ1) is 17.8. The van der Waals surface area contributed by atoms with Crippen LogP contribution in [0, 0.1) is 0 Å². The van der Waals surface area contributed by atoms with Gasteiger partial charge in [0.2, 0.25) is 0 Å². The lowest BCUT2D eigenvalue weighted by molar-refractivity contribution is -0.193. The van der Waals surface area contributed by atoms with E-state index in [1.54, 1.807) is 6.33 Å². The predicted octanol–water partition coefficient (Wildman–Crippen LogP) is 4.00. The number of benzene rings is 1. The number of imidazole rings is 1. The molecular formula is C22H20F6N6O4. The highest BCUT2D eigenvalue weighted by atomic mass is 19.4. The van der Waals surface area contributed by atoms with Gasteiger partial charge in [0, 0.05) is 12.1 Å². The third-order valence-corrected chi connectivity index (χ3v) is 6.07. The number of aliphatic carboxylic acids is 2. The molecule has 3 aliphatic rings. The SMILES string of the molecule is O=C(O)C(F)(F)F.O=C(O)C(F)(F)F.c1ccc2c(c1)[C@H]1N[C@@H]2C[C@@H]1n1cnc2c(NC3CC3)ncnc21. The molecule has 0 spiro atoms. The van der Waals surface area contributed by atoms with Crippen molar-refractivity contribution in [1.82, 2.24) is 24.8 Å². The smallest absolute Gasteiger partial charge is 0.475 e. The van der Waals surface area contributed by atoms with E-state index < -0.39 is 24.3 Å². The summed E-state index contributed by atoms with van der Waals surface area (Å²) in [5.41, 5.74) is 4.70. The van der Waals surface area contributed by atoms with Crippen LogP contribution in [0.1, 0.15) is 48.5 Å². The first-order valence-corrected chi connectivity index (χ1v) is 11.2. The van der Waals surface area contributed by atoms with Crippen molar-refractivity contribution in [1.29, 1.82) is 0 Å². The van der Waals surface area contributed by atoms with E-state index in [4.69, 9.17) is 19.8 Å². The summed E-state index contributed by atoms with van der Waals surface area (Å²) in [7, 11) is 0. The molecule has 1 aromatic carbocycles. The quantitative estimate of drug-likeness (QED) is 0.359. The van der Waals surface area contributed by atoms with Gasteiger partial charge in [0.1, 0.15) is 11.8 Å². The van der Waals surface area contributed by atoms with Gasteiger partial charge in [0.15, 0.2) is 11.5 Å². The van der Waals surface area contributed by atoms with Gasteiger partial charge in [-0.05, 0) is 30.4 Å². The lowest BCUT2D eigenvalue weighted by atomic mass is 9.88. The molecule has 16 heteroatoms. The largest absolute Gasteiger partial charge is 0.490 e. The van der Waals surface area contributed by atoms with Gasteiger partial charge in [0.05, 0.1) is 18.4 Å². The third-order valence-electron chi connectivity index (χ3n) is 6.07. The molecule has 10 nitrogen and oxygen atoms in total. The normalized spacial score (nSPS) is 21.6. The van der Waals surface area contributed by atoms with Gasteiger partial charge >= 0.3 is 24.3 Å². The van der Waals surface area contributed by atoms with Crippen molar-refractivity contribution in [3.05, 3.63) is 48.0 Å². The maximum Gasteiger partial charge on any atom is 0.490 e. The molecule has 4 heterocycles. The summed E-state index contributed by atoms with van der Waals surface area (Å²) < 4.78 is 65.7. The number of anilines is 1. The molecule has 3 atom stereocenters. The number of hydrogen-bond acceptors (Lipinski definition) is 7. The lowest BCUT2D eigenvalue weighted by Gasteiger charge is -2.24. The zero-order valence-electron chi connectivity index (χ0n) is 19.2. The molecule has 0 unspecified atom stereocenters. The molecule has 2 aliphatic heterocycles. The van der Waals surface area contributed by atoms with Gasteiger partial charge in [-0.3, -0.25) is 0 Å². The molecule has 4 N–H and O–H groups in total. The lowest BCUT2D eigenvalue weighted by Crippen LogP contribution is -2.21. The van der Waals surface area contributed by atoms with Crippen LogP contribution in [0.2, 0.25) is 0 Å². The average molecular weight is 546 g/mol. The highest BCUT2D eigenvalue weighted by Crippen LogP contribution is 2.51. The number of carboxylic acids is 2. The Morgan fingerprint density at radius 2 is 1.53 bits per heavy atom. The monoisotopic (exact) mass is 546 g/mol. The van der Waals surface area contributed by atoms with Crippen molar-refractivity contribution < 1.29 is 46.1 Å². The second-order valence-electron chi connectivity index (χ2n) is 8.70. The molecule has 1 saturated heterocycles. The molecule has 6 rings (SSSR count). The molecule has 1 saturated carbocycles. The third kappa shape index (κ3) is 5.79. The van der Waals surface area contributed by atoms with E-state index in [1.807, 2.05) is 6.33 Å². The van der Waals surface area contributed by atoms with Gasteiger partial charge in [-0.2, -0.15) is 26.3 Å². The van der Waals surface area contributed by atoms with Crippen LogP contribution in [0.15, 0.2) is 36.9 Å². The predicted molar refractivity (Wildman–Crippen MR) is 118 cm³/mol. The van der Waals surface area contributed by atoms with Crippen LogP contribution in [0.4, 0.5) is 32.2 Å². The van der Waals surface area contributed by atoms with Crippen LogP contribution in [0.3, 0.4) is 0 Å². The molecule has 38 heavy (non-hydrogen) atoms. The van der Waals surface area contributed by atoms with E-state index in [0.29, 0.717) is 24.2 Å². The Hall–Kier alpha value is -3.95. The van der Waals surface area contributed by atoms with Gasteiger partial charge in [0.25, 0.3) is 0 Å². The minimum atomic E-state index is -5.08. The van der Waals surface area contributed by atoms with Crippen LogP contribution >= 0.6 is 0 Å². The number of carboxylic acid groups (broad SMARTS) is 2. The first-order valence-electron chi connectivity index (χ1n) is 11.2. The molecule has 204 valence electrons. The fraction of sp³-hybridized carbons (Fsp3) is 0.409. The number of hydrogen-bond donors (Lipinski definition) is 4. The topological polar surface area (TPSA) is 142 Å². The van der Waals surface area contributed by atoms with Crippen LogP contribution in [-0.2, 0) is 9.59 Å². The summed E-state index contributed by atoms with van der Waals surface area (Å²) in [6, 6.07) is 10.5.